The number of rotatable bonds is 7. The molecular weight excluding hydrogens is 380 g/mol. The second-order valence-corrected chi connectivity index (χ2v) is 6.70. The highest BCUT2D eigenvalue weighted by molar-refractivity contribution is 6.33. The van der Waals surface area contributed by atoms with Crippen molar-refractivity contribution in [1.29, 1.82) is 0 Å². The maximum atomic E-state index is 12.3. The molecule has 148 valence electrons. The summed E-state index contributed by atoms with van der Waals surface area (Å²) in [4.78, 5) is 23.9. The fourth-order valence-electron chi connectivity index (χ4n) is 2.74. The Labute approximate surface area is 169 Å². The zero-order chi connectivity index (χ0) is 19.8. The summed E-state index contributed by atoms with van der Waals surface area (Å²) >= 11 is 5.95. The van der Waals surface area contributed by atoms with Crippen molar-refractivity contribution in [3.05, 3.63) is 58.9 Å². The van der Waals surface area contributed by atoms with Gasteiger partial charge < -0.3 is 14.9 Å². The van der Waals surface area contributed by atoms with E-state index in [-0.39, 0.29) is 11.1 Å². The maximum absolute atomic E-state index is 12.3. The number of benzene rings is 1. The monoisotopic (exact) mass is 402 g/mol. The van der Waals surface area contributed by atoms with E-state index < -0.39 is 0 Å². The molecule has 1 fully saturated rings. The average molecular weight is 403 g/mol. The first-order valence-corrected chi connectivity index (χ1v) is 9.50. The number of pyridine rings is 1. The van der Waals surface area contributed by atoms with E-state index >= 15 is 0 Å². The fourth-order valence-corrected chi connectivity index (χ4v) is 2.94. The molecule has 7 nitrogen and oxygen atoms in total. The molecule has 1 aliphatic heterocycles. The lowest BCUT2D eigenvalue weighted by Gasteiger charge is -2.25. The largest absolute Gasteiger partial charge is 0.394 e. The van der Waals surface area contributed by atoms with Crippen LogP contribution in [0.1, 0.15) is 22.8 Å². The van der Waals surface area contributed by atoms with Gasteiger partial charge in [0.1, 0.15) is 11.8 Å². The van der Waals surface area contributed by atoms with Gasteiger partial charge in [0.2, 0.25) is 0 Å². The molecule has 0 unspecified atom stereocenters. The highest BCUT2D eigenvalue weighted by Gasteiger charge is 2.11. The third-order valence-electron chi connectivity index (χ3n) is 4.37. The Bertz CT molecular complexity index is 820. The first kappa shape index (κ1) is 20.3. The quantitative estimate of drug-likeness (QED) is 0.333. The molecule has 1 aliphatic rings. The molecule has 8 heteroatoms. The van der Waals surface area contributed by atoms with E-state index in [9.17, 15) is 4.79 Å². The van der Waals surface area contributed by atoms with Gasteiger partial charge in [-0.15, -0.1) is 0 Å². The van der Waals surface area contributed by atoms with Crippen molar-refractivity contribution in [3.8, 4) is 0 Å². The van der Waals surface area contributed by atoms with E-state index in [1.54, 1.807) is 18.3 Å². The van der Waals surface area contributed by atoms with Crippen molar-refractivity contribution in [2.75, 3.05) is 44.8 Å². The Balaban J connectivity index is 1.50. The molecule has 0 atom stereocenters. The summed E-state index contributed by atoms with van der Waals surface area (Å²) in [5, 5.41) is 7.15. The number of nitrogens with zero attached hydrogens (tertiary/aromatic N) is 3. The van der Waals surface area contributed by atoms with Gasteiger partial charge in [0.25, 0.3) is 5.91 Å². The number of anilines is 1. The number of carbonyl (C=O) groups is 1. The second-order valence-electron chi connectivity index (χ2n) is 6.34. The van der Waals surface area contributed by atoms with Gasteiger partial charge >= 0.3 is 0 Å². The van der Waals surface area contributed by atoms with Crippen LogP contribution in [0.2, 0.25) is 5.15 Å². The van der Waals surface area contributed by atoms with Crippen LogP contribution in [-0.2, 0) is 9.57 Å². The Morgan fingerprint density at radius 1 is 1.29 bits per heavy atom. The summed E-state index contributed by atoms with van der Waals surface area (Å²) in [6.45, 7) is 6.68. The first-order valence-electron chi connectivity index (χ1n) is 9.12. The highest BCUT2D eigenvalue weighted by atomic mass is 35.5. The number of morpholine rings is 1. The highest BCUT2D eigenvalue weighted by Crippen LogP contribution is 2.16. The molecule has 0 spiro atoms. The minimum absolute atomic E-state index is 0.175. The lowest BCUT2D eigenvalue weighted by molar-refractivity contribution is 0.0212. The zero-order valence-corrected chi connectivity index (χ0v) is 16.5. The molecule has 0 radical (unpaired) electrons. The average Bonchev–Trinajstić information content (AvgIpc) is 2.72. The summed E-state index contributed by atoms with van der Waals surface area (Å²) in [7, 11) is 0. The van der Waals surface area contributed by atoms with Crippen LogP contribution in [0.15, 0.2) is 47.8 Å². The molecular formula is C20H23ClN4O3. The third-order valence-corrected chi connectivity index (χ3v) is 4.67. The molecule has 1 saturated heterocycles. The molecule has 1 N–H and O–H groups in total. The number of ether oxygens (including phenoxy) is 1. The van der Waals surface area contributed by atoms with Crippen LogP contribution in [0.4, 0.5) is 5.69 Å². The van der Waals surface area contributed by atoms with Gasteiger partial charge in [-0.3, -0.25) is 9.69 Å². The smallest absolute Gasteiger partial charge is 0.258 e. The topological polar surface area (TPSA) is 76.1 Å². The van der Waals surface area contributed by atoms with Gasteiger partial charge in [0, 0.05) is 31.5 Å². The number of aromatic nitrogens is 1. The molecule has 1 aromatic carbocycles. The van der Waals surface area contributed by atoms with Crippen molar-refractivity contribution in [3.63, 3.8) is 0 Å². The van der Waals surface area contributed by atoms with E-state index in [1.807, 2.05) is 31.2 Å². The SMILES string of the molecule is CC(=NOCCN1CCOCC1)c1ccc(NC(=O)c2cccnc2Cl)cc1. The van der Waals surface area contributed by atoms with Crippen LogP contribution in [0.25, 0.3) is 0 Å². The van der Waals surface area contributed by atoms with Crippen molar-refractivity contribution >= 4 is 28.9 Å². The molecule has 0 aliphatic carbocycles. The molecule has 1 amide bonds. The van der Waals surface area contributed by atoms with Gasteiger partial charge in [-0.2, -0.15) is 0 Å². The van der Waals surface area contributed by atoms with Crippen molar-refractivity contribution in [2.45, 2.75) is 6.92 Å². The Morgan fingerprint density at radius 3 is 2.75 bits per heavy atom. The number of oxime groups is 1. The van der Waals surface area contributed by atoms with Crippen LogP contribution in [0.5, 0.6) is 0 Å². The van der Waals surface area contributed by atoms with Crippen LogP contribution in [0, 0.1) is 0 Å². The van der Waals surface area contributed by atoms with E-state index in [0.717, 1.165) is 44.1 Å². The van der Waals surface area contributed by atoms with Crippen LogP contribution in [0.3, 0.4) is 0 Å². The predicted molar refractivity (Wildman–Crippen MR) is 109 cm³/mol. The third kappa shape index (κ3) is 5.76. The molecule has 3 rings (SSSR count). The fraction of sp³-hybridized carbons (Fsp3) is 0.350. The first-order chi connectivity index (χ1) is 13.6. The Hall–Kier alpha value is -2.48. The molecule has 1 aromatic heterocycles. The van der Waals surface area contributed by atoms with Crippen molar-refractivity contribution in [1.82, 2.24) is 9.88 Å². The van der Waals surface area contributed by atoms with Crippen LogP contribution < -0.4 is 5.32 Å². The lowest BCUT2D eigenvalue weighted by Crippen LogP contribution is -2.38. The van der Waals surface area contributed by atoms with Gasteiger partial charge in [-0.05, 0) is 36.8 Å². The van der Waals surface area contributed by atoms with E-state index in [2.05, 4.69) is 20.4 Å². The van der Waals surface area contributed by atoms with Crippen LogP contribution in [-0.4, -0.2) is 61.0 Å². The molecule has 0 saturated carbocycles. The standard InChI is InChI=1S/C20H23ClN4O3/c1-15(24-28-14-11-25-9-12-27-13-10-25)16-4-6-17(7-5-16)23-20(26)18-3-2-8-22-19(18)21/h2-8H,9-14H2,1H3,(H,23,26). The minimum atomic E-state index is -0.303. The molecule has 0 bridgehead atoms. The maximum Gasteiger partial charge on any atom is 0.258 e. The number of hydrogen-bond acceptors (Lipinski definition) is 6. The summed E-state index contributed by atoms with van der Waals surface area (Å²) in [5.41, 5.74) is 2.69. The lowest BCUT2D eigenvalue weighted by atomic mass is 10.1. The minimum Gasteiger partial charge on any atom is -0.394 e. The number of amides is 1. The number of carbonyl (C=O) groups excluding carboxylic acids is 1. The second kappa shape index (κ2) is 10.2. The number of hydrogen-bond donors (Lipinski definition) is 1. The molecule has 28 heavy (non-hydrogen) atoms. The van der Waals surface area contributed by atoms with Gasteiger partial charge in [-0.1, -0.05) is 28.9 Å². The van der Waals surface area contributed by atoms with Crippen molar-refractivity contribution in [2.24, 2.45) is 5.16 Å². The normalized spacial score (nSPS) is 15.3. The summed E-state index contributed by atoms with van der Waals surface area (Å²) in [6.07, 6.45) is 1.54. The van der Waals surface area contributed by atoms with E-state index in [4.69, 9.17) is 21.2 Å². The summed E-state index contributed by atoms with van der Waals surface area (Å²) in [6, 6.07) is 10.7. The molecule has 2 heterocycles. The summed E-state index contributed by atoms with van der Waals surface area (Å²) in [5.74, 6) is -0.303. The Morgan fingerprint density at radius 2 is 2.04 bits per heavy atom. The number of halogens is 1. The Kier molecular flexibility index (Phi) is 7.36. The summed E-state index contributed by atoms with van der Waals surface area (Å²) < 4.78 is 5.32. The molecule has 2 aromatic rings. The van der Waals surface area contributed by atoms with E-state index in [0.29, 0.717) is 17.9 Å². The van der Waals surface area contributed by atoms with Crippen LogP contribution >= 0.6 is 11.6 Å². The van der Waals surface area contributed by atoms with Gasteiger partial charge in [0.05, 0.1) is 24.5 Å². The van der Waals surface area contributed by atoms with Crippen molar-refractivity contribution < 1.29 is 14.4 Å². The van der Waals surface area contributed by atoms with E-state index in [1.165, 1.54) is 0 Å². The van der Waals surface area contributed by atoms with Gasteiger partial charge in [0.15, 0.2) is 0 Å². The zero-order valence-electron chi connectivity index (χ0n) is 15.7. The van der Waals surface area contributed by atoms with Gasteiger partial charge in [-0.25, -0.2) is 4.98 Å². The number of nitrogens with one attached hydrogen (secondary N) is 1. The predicted octanol–water partition coefficient (Wildman–Crippen LogP) is 3.06.